The summed E-state index contributed by atoms with van der Waals surface area (Å²) in [4.78, 5) is 1.25. The van der Waals surface area contributed by atoms with Gasteiger partial charge in [0.2, 0.25) is 0 Å². The van der Waals surface area contributed by atoms with Gasteiger partial charge in [0.15, 0.2) is 0 Å². The molecule has 0 bridgehead atoms. The van der Waals surface area contributed by atoms with E-state index in [-0.39, 0.29) is 6.04 Å². The highest BCUT2D eigenvalue weighted by Gasteiger charge is 2.19. The Bertz CT molecular complexity index is 542. The molecule has 0 aliphatic carbocycles. The molecule has 0 aliphatic rings. The molecule has 18 heavy (non-hydrogen) atoms. The summed E-state index contributed by atoms with van der Waals surface area (Å²) in [5.41, 5.74) is 1.09. The second-order valence-electron chi connectivity index (χ2n) is 3.79. The van der Waals surface area contributed by atoms with Crippen LogP contribution in [-0.4, -0.2) is 6.54 Å². The van der Waals surface area contributed by atoms with E-state index in [4.69, 9.17) is 11.6 Å². The molecule has 1 atom stereocenters. The normalized spacial score (nSPS) is 12.7. The highest BCUT2D eigenvalue weighted by Crippen LogP contribution is 2.36. The molecule has 96 valence electrons. The molecule has 0 saturated heterocycles. The minimum Gasteiger partial charge on any atom is -0.306 e. The molecule has 0 radical (unpaired) electrons. The molecule has 1 aromatic carbocycles. The molecule has 1 N–H and O–H groups in total. The van der Waals surface area contributed by atoms with Crippen LogP contribution in [0.2, 0.25) is 5.02 Å². The van der Waals surface area contributed by atoms with E-state index < -0.39 is 0 Å². The molecule has 0 spiro atoms. The van der Waals surface area contributed by atoms with Gasteiger partial charge in [-0.25, -0.2) is 0 Å². The molecule has 0 fully saturated rings. The van der Waals surface area contributed by atoms with Gasteiger partial charge in [-0.05, 0) is 57.7 Å². The first kappa shape index (κ1) is 14.5. The second-order valence-corrected chi connectivity index (χ2v) is 6.91. The van der Waals surface area contributed by atoms with Crippen molar-refractivity contribution in [2.24, 2.45) is 0 Å². The Morgan fingerprint density at radius 3 is 2.72 bits per heavy atom. The van der Waals surface area contributed by atoms with Crippen LogP contribution in [0.3, 0.4) is 0 Å². The van der Waals surface area contributed by atoms with Gasteiger partial charge in [-0.15, -0.1) is 11.3 Å². The number of nitrogens with one attached hydrogen (secondary N) is 1. The first-order valence-corrected chi connectivity index (χ1v) is 8.39. The molecule has 0 saturated carbocycles. The third-order valence-corrected chi connectivity index (χ3v) is 5.36. The van der Waals surface area contributed by atoms with Crippen molar-refractivity contribution < 1.29 is 0 Å². The van der Waals surface area contributed by atoms with E-state index in [1.165, 1.54) is 4.88 Å². The summed E-state index contributed by atoms with van der Waals surface area (Å²) in [5, 5.41) is 6.35. The van der Waals surface area contributed by atoms with E-state index in [0.29, 0.717) is 0 Å². The average molecular weight is 410 g/mol. The van der Waals surface area contributed by atoms with Crippen molar-refractivity contribution in [3.8, 4) is 0 Å². The molecule has 1 unspecified atom stereocenters. The number of hydrogen-bond acceptors (Lipinski definition) is 2. The van der Waals surface area contributed by atoms with Crippen molar-refractivity contribution in [2.75, 3.05) is 6.54 Å². The monoisotopic (exact) mass is 407 g/mol. The Labute approximate surface area is 133 Å². The topological polar surface area (TPSA) is 12.0 Å². The van der Waals surface area contributed by atoms with Gasteiger partial charge >= 0.3 is 0 Å². The van der Waals surface area contributed by atoms with Crippen molar-refractivity contribution in [1.29, 1.82) is 0 Å². The molecule has 1 heterocycles. The maximum Gasteiger partial charge on any atom is 0.0697 e. The number of rotatable bonds is 4. The molecule has 1 aromatic heterocycles. The van der Waals surface area contributed by atoms with E-state index in [2.05, 4.69) is 61.6 Å². The summed E-state index contributed by atoms with van der Waals surface area (Å²) in [5.74, 6) is 0. The van der Waals surface area contributed by atoms with Gasteiger partial charge in [-0.3, -0.25) is 0 Å². The van der Waals surface area contributed by atoms with Crippen LogP contribution in [0.4, 0.5) is 0 Å². The van der Waals surface area contributed by atoms with E-state index in [0.717, 1.165) is 26.1 Å². The first-order valence-electron chi connectivity index (χ1n) is 5.54. The third kappa shape index (κ3) is 3.17. The Balaban J connectivity index is 2.48. The Morgan fingerprint density at radius 1 is 1.33 bits per heavy atom. The van der Waals surface area contributed by atoms with Crippen LogP contribution in [0.1, 0.15) is 23.4 Å². The van der Waals surface area contributed by atoms with Crippen molar-refractivity contribution in [3.05, 3.63) is 54.1 Å². The fraction of sp³-hybridized carbons (Fsp3) is 0.231. The molecular formula is C13H12Br2ClNS. The van der Waals surface area contributed by atoms with Crippen LogP contribution in [0.15, 0.2) is 38.6 Å². The summed E-state index contributed by atoms with van der Waals surface area (Å²) >= 11 is 15.1. The lowest BCUT2D eigenvalue weighted by Gasteiger charge is -2.19. The molecular weight excluding hydrogens is 397 g/mol. The van der Waals surface area contributed by atoms with Crippen LogP contribution in [-0.2, 0) is 0 Å². The summed E-state index contributed by atoms with van der Waals surface area (Å²) in [7, 11) is 0. The van der Waals surface area contributed by atoms with Crippen LogP contribution >= 0.6 is 54.8 Å². The molecule has 0 amide bonds. The quantitative estimate of drug-likeness (QED) is 0.690. The highest BCUT2D eigenvalue weighted by atomic mass is 79.9. The van der Waals surface area contributed by atoms with Gasteiger partial charge < -0.3 is 5.32 Å². The van der Waals surface area contributed by atoms with Crippen LogP contribution in [0.5, 0.6) is 0 Å². The van der Waals surface area contributed by atoms with Gasteiger partial charge in [-0.2, -0.15) is 0 Å². The SMILES string of the molecule is CCNC(c1cc(Br)ccc1Cl)c1sccc1Br. The van der Waals surface area contributed by atoms with Gasteiger partial charge in [0, 0.05) is 18.8 Å². The maximum atomic E-state index is 6.32. The zero-order chi connectivity index (χ0) is 13.1. The predicted molar refractivity (Wildman–Crippen MR) is 86.7 cm³/mol. The third-order valence-electron chi connectivity index (χ3n) is 2.58. The number of halogens is 3. The summed E-state index contributed by atoms with van der Waals surface area (Å²) in [6.45, 7) is 2.98. The molecule has 1 nitrogen and oxygen atoms in total. The number of hydrogen-bond donors (Lipinski definition) is 1. The lowest BCUT2D eigenvalue weighted by atomic mass is 10.1. The Hall–Kier alpha value is 0.130. The standard InChI is InChI=1S/C13H12Br2ClNS/c1-2-17-12(13-10(15)5-6-18-13)9-7-8(14)3-4-11(9)16/h3-7,12,17H,2H2,1H3. The van der Waals surface area contributed by atoms with E-state index in [1.54, 1.807) is 11.3 Å². The van der Waals surface area contributed by atoms with Gasteiger partial charge in [0.25, 0.3) is 0 Å². The van der Waals surface area contributed by atoms with Crippen molar-refractivity contribution in [3.63, 3.8) is 0 Å². The fourth-order valence-corrected chi connectivity index (χ4v) is 4.09. The molecule has 0 aliphatic heterocycles. The average Bonchev–Trinajstić information content (AvgIpc) is 2.76. The lowest BCUT2D eigenvalue weighted by Crippen LogP contribution is -2.21. The Kier molecular flexibility index (Phi) is 5.27. The van der Waals surface area contributed by atoms with Crippen LogP contribution in [0.25, 0.3) is 0 Å². The molecule has 2 aromatic rings. The zero-order valence-corrected chi connectivity index (χ0v) is 14.5. The summed E-state index contributed by atoms with van der Waals surface area (Å²) in [6, 6.07) is 8.14. The minimum absolute atomic E-state index is 0.120. The maximum absolute atomic E-state index is 6.32. The highest BCUT2D eigenvalue weighted by molar-refractivity contribution is 9.10. The van der Waals surface area contributed by atoms with Gasteiger partial charge in [0.05, 0.1) is 6.04 Å². The van der Waals surface area contributed by atoms with Crippen LogP contribution < -0.4 is 5.32 Å². The fourth-order valence-electron chi connectivity index (χ4n) is 1.80. The van der Waals surface area contributed by atoms with Crippen molar-refractivity contribution in [1.82, 2.24) is 5.32 Å². The largest absolute Gasteiger partial charge is 0.306 e. The Morgan fingerprint density at radius 2 is 2.11 bits per heavy atom. The van der Waals surface area contributed by atoms with Crippen LogP contribution in [0, 0.1) is 0 Å². The second kappa shape index (κ2) is 6.53. The van der Waals surface area contributed by atoms with Crippen molar-refractivity contribution >= 4 is 54.8 Å². The molecule has 5 heteroatoms. The smallest absolute Gasteiger partial charge is 0.0697 e. The first-order chi connectivity index (χ1) is 8.63. The van der Waals surface area contributed by atoms with E-state index in [1.807, 2.05) is 12.1 Å². The summed E-state index contributed by atoms with van der Waals surface area (Å²) in [6.07, 6.45) is 0. The predicted octanol–water partition coefficient (Wildman–Crippen LogP) is 5.63. The molecule has 2 rings (SSSR count). The van der Waals surface area contributed by atoms with Crippen molar-refractivity contribution in [2.45, 2.75) is 13.0 Å². The number of thiophene rings is 1. The summed E-state index contributed by atoms with van der Waals surface area (Å²) < 4.78 is 2.16. The lowest BCUT2D eigenvalue weighted by molar-refractivity contribution is 0.638. The number of benzene rings is 1. The van der Waals surface area contributed by atoms with Gasteiger partial charge in [0.1, 0.15) is 0 Å². The van der Waals surface area contributed by atoms with Gasteiger partial charge in [-0.1, -0.05) is 34.5 Å². The minimum atomic E-state index is 0.120. The zero-order valence-electron chi connectivity index (χ0n) is 9.71. The van der Waals surface area contributed by atoms with E-state index >= 15 is 0 Å². The van der Waals surface area contributed by atoms with E-state index in [9.17, 15) is 0 Å².